The molecule has 0 saturated carbocycles. The van der Waals surface area contributed by atoms with Crippen molar-refractivity contribution in [1.82, 2.24) is 15.0 Å². The molecule has 0 radical (unpaired) electrons. The lowest BCUT2D eigenvalue weighted by Crippen LogP contribution is -2.17. The summed E-state index contributed by atoms with van der Waals surface area (Å²) in [7, 11) is 0. The quantitative estimate of drug-likeness (QED) is 0.253. The lowest BCUT2D eigenvalue weighted by molar-refractivity contribution is 0.319. The van der Waals surface area contributed by atoms with E-state index in [-0.39, 0.29) is 5.75 Å². The molecule has 1 atom stereocenters. The largest absolute Gasteiger partial charge is 0.491 e. The lowest BCUT2D eigenvalue weighted by Gasteiger charge is -2.22. The molecular formula is C27H26FN5O2. The SMILES string of the molecule is CCOc1cc(CC)cc(C(Nc2ccc3c(N)nccc3c2)c2ncc(-c3ccoc3)[nH]2)c1F. The average Bonchev–Trinajstić information content (AvgIpc) is 3.57. The Hall–Kier alpha value is -4.33. The van der Waals surface area contributed by atoms with Crippen molar-refractivity contribution in [3.8, 4) is 17.0 Å². The number of nitrogen functional groups attached to an aromatic ring is 1. The van der Waals surface area contributed by atoms with Crippen LogP contribution in [0.5, 0.6) is 5.75 Å². The van der Waals surface area contributed by atoms with Gasteiger partial charge in [0.1, 0.15) is 17.7 Å². The molecule has 0 spiro atoms. The minimum absolute atomic E-state index is 0.229. The Labute approximate surface area is 202 Å². The summed E-state index contributed by atoms with van der Waals surface area (Å²) in [6, 6.07) is 12.5. The Kier molecular flexibility index (Phi) is 6.10. The third-order valence-corrected chi connectivity index (χ3v) is 5.95. The number of halogens is 1. The molecule has 2 aromatic carbocycles. The fourth-order valence-electron chi connectivity index (χ4n) is 4.15. The van der Waals surface area contributed by atoms with Crippen LogP contribution < -0.4 is 15.8 Å². The highest BCUT2D eigenvalue weighted by atomic mass is 19.1. The van der Waals surface area contributed by atoms with Gasteiger partial charge in [0.05, 0.1) is 31.0 Å². The number of pyridine rings is 1. The first kappa shape index (κ1) is 22.5. The number of furan rings is 1. The number of aromatic nitrogens is 3. The molecule has 0 aliphatic heterocycles. The number of anilines is 2. The average molecular weight is 472 g/mol. The molecule has 1 unspecified atom stereocenters. The first-order valence-electron chi connectivity index (χ1n) is 11.5. The van der Waals surface area contributed by atoms with Crippen molar-refractivity contribution >= 4 is 22.3 Å². The van der Waals surface area contributed by atoms with Crippen LogP contribution in [-0.4, -0.2) is 21.6 Å². The van der Waals surface area contributed by atoms with E-state index in [0.29, 0.717) is 23.8 Å². The summed E-state index contributed by atoms with van der Waals surface area (Å²) < 4.78 is 26.6. The van der Waals surface area contributed by atoms with E-state index in [1.54, 1.807) is 31.0 Å². The molecular weight excluding hydrogens is 445 g/mol. The predicted molar refractivity (Wildman–Crippen MR) is 135 cm³/mol. The minimum Gasteiger partial charge on any atom is -0.491 e. The van der Waals surface area contributed by atoms with Gasteiger partial charge in [-0.2, -0.15) is 0 Å². The van der Waals surface area contributed by atoms with Crippen LogP contribution in [0, 0.1) is 5.82 Å². The number of H-pyrrole nitrogens is 1. The van der Waals surface area contributed by atoms with Crippen molar-refractivity contribution in [2.45, 2.75) is 26.3 Å². The van der Waals surface area contributed by atoms with Crippen LogP contribution in [0.4, 0.5) is 15.9 Å². The second-order valence-corrected chi connectivity index (χ2v) is 8.19. The highest BCUT2D eigenvalue weighted by Gasteiger charge is 2.25. The predicted octanol–water partition coefficient (Wildman–Crippen LogP) is 6.10. The standard InChI is InChI=1S/C27H26FN5O2/c1-3-16-11-21(24(28)23(12-16)35-4-2)25(27-31-14-22(33-27)18-8-10-34-15-18)32-19-5-6-20-17(13-19)7-9-30-26(20)29/h5-15,25,32H,3-4H2,1-2H3,(H2,29,30)(H,31,33). The van der Waals surface area contributed by atoms with Gasteiger partial charge in [0, 0.05) is 28.4 Å². The van der Waals surface area contributed by atoms with Crippen molar-refractivity contribution in [1.29, 1.82) is 0 Å². The van der Waals surface area contributed by atoms with Gasteiger partial charge in [-0.05, 0) is 60.7 Å². The molecule has 4 N–H and O–H groups in total. The van der Waals surface area contributed by atoms with Crippen LogP contribution >= 0.6 is 0 Å². The van der Waals surface area contributed by atoms with Crippen LogP contribution in [0.2, 0.25) is 0 Å². The number of benzene rings is 2. The van der Waals surface area contributed by atoms with Gasteiger partial charge in [0.15, 0.2) is 11.6 Å². The molecule has 0 aliphatic carbocycles. The molecule has 0 amide bonds. The van der Waals surface area contributed by atoms with E-state index >= 15 is 4.39 Å². The molecule has 5 aromatic rings. The zero-order valence-corrected chi connectivity index (χ0v) is 19.5. The number of nitrogens with two attached hydrogens (primary N) is 1. The maximum atomic E-state index is 15.8. The Morgan fingerprint density at radius 1 is 1.14 bits per heavy atom. The summed E-state index contributed by atoms with van der Waals surface area (Å²) in [6.45, 7) is 4.24. The molecule has 5 rings (SSSR count). The second kappa shape index (κ2) is 9.50. The van der Waals surface area contributed by atoms with E-state index in [0.717, 1.165) is 39.7 Å². The summed E-state index contributed by atoms with van der Waals surface area (Å²) >= 11 is 0. The summed E-state index contributed by atoms with van der Waals surface area (Å²) in [6.07, 6.45) is 7.35. The van der Waals surface area contributed by atoms with E-state index in [1.165, 1.54) is 0 Å². The van der Waals surface area contributed by atoms with E-state index in [2.05, 4.69) is 20.3 Å². The second-order valence-electron chi connectivity index (χ2n) is 8.19. The number of aromatic amines is 1. The van der Waals surface area contributed by atoms with Crippen molar-refractivity contribution in [3.05, 3.63) is 90.2 Å². The van der Waals surface area contributed by atoms with Crippen LogP contribution in [0.15, 0.2) is 71.8 Å². The van der Waals surface area contributed by atoms with Gasteiger partial charge >= 0.3 is 0 Å². The van der Waals surface area contributed by atoms with Crippen LogP contribution in [0.1, 0.15) is 36.8 Å². The smallest absolute Gasteiger partial charge is 0.170 e. The van der Waals surface area contributed by atoms with Gasteiger partial charge in [-0.25, -0.2) is 14.4 Å². The highest BCUT2D eigenvalue weighted by molar-refractivity contribution is 5.92. The number of hydrogen-bond donors (Lipinski definition) is 3. The van der Waals surface area contributed by atoms with Crippen molar-refractivity contribution in [2.75, 3.05) is 17.7 Å². The van der Waals surface area contributed by atoms with Gasteiger partial charge in [-0.15, -0.1) is 0 Å². The number of imidazole rings is 1. The number of nitrogens with zero attached hydrogens (tertiary/aromatic N) is 2. The molecule has 0 bridgehead atoms. The molecule has 3 heterocycles. The van der Waals surface area contributed by atoms with Gasteiger partial charge in [-0.1, -0.05) is 13.0 Å². The molecule has 0 fully saturated rings. The summed E-state index contributed by atoms with van der Waals surface area (Å²) in [5.74, 6) is 0.833. The molecule has 35 heavy (non-hydrogen) atoms. The Morgan fingerprint density at radius 3 is 2.80 bits per heavy atom. The lowest BCUT2D eigenvalue weighted by atomic mass is 9.99. The van der Waals surface area contributed by atoms with Crippen LogP contribution in [0.3, 0.4) is 0 Å². The topological polar surface area (TPSA) is 102 Å². The molecule has 8 heteroatoms. The zero-order valence-electron chi connectivity index (χ0n) is 19.5. The zero-order chi connectivity index (χ0) is 24.4. The summed E-state index contributed by atoms with van der Waals surface area (Å²) in [4.78, 5) is 12.1. The molecule has 0 aliphatic rings. The fraction of sp³-hybridized carbons (Fsp3) is 0.185. The molecule has 178 valence electrons. The third-order valence-electron chi connectivity index (χ3n) is 5.95. The van der Waals surface area contributed by atoms with Gasteiger partial charge < -0.3 is 25.2 Å². The number of rotatable bonds is 8. The first-order valence-corrected chi connectivity index (χ1v) is 11.5. The van der Waals surface area contributed by atoms with Gasteiger partial charge in [-0.3, -0.25) is 0 Å². The number of aryl methyl sites for hydroxylation is 1. The van der Waals surface area contributed by atoms with Crippen LogP contribution in [0.25, 0.3) is 22.0 Å². The van der Waals surface area contributed by atoms with Crippen molar-refractivity contribution in [3.63, 3.8) is 0 Å². The number of hydrogen-bond acceptors (Lipinski definition) is 6. The number of nitrogens with one attached hydrogen (secondary N) is 2. The highest BCUT2D eigenvalue weighted by Crippen LogP contribution is 2.34. The first-order chi connectivity index (χ1) is 17.1. The van der Waals surface area contributed by atoms with Crippen molar-refractivity contribution in [2.24, 2.45) is 0 Å². The molecule has 3 aromatic heterocycles. The Bertz CT molecular complexity index is 1460. The van der Waals surface area contributed by atoms with Gasteiger partial charge in [0.25, 0.3) is 0 Å². The number of ether oxygens (including phenoxy) is 1. The van der Waals surface area contributed by atoms with E-state index in [9.17, 15) is 0 Å². The minimum atomic E-state index is -0.613. The fourth-order valence-corrected chi connectivity index (χ4v) is 4.15. The van der Waals surface area contributed by atoms with E-state index in [1.807, 2.05) is 50.2 Å². The summed E-state index contributed by atoms with van der Waals surface area (Å²) in [5, 5.41) is 5.25. The third kappa shape index (κ3) is 4.42. The van der Waals surface area contributed by atoms with E-state index in [4.69, 9.17) is 14.9 Å². The Balaban J connectivity index is 1.62. The molecule has 7 nitrogen and oxygen atoms in total. The Morgan fingerprint density at radius 2 is 2.03 bits per heavy atom. The summed E-state index contributed by atoms with van der Waals surface area (Å²) in [5.41, 5.74) is 9.84. The molecule has 0 saturated heterocycles. The van der Waals surface area contributed by atoms with Crippen molar-refractivity contribution < 1.29 is 13.5 Å². The van der Waals surface area contributed by atoms with Gasteiger partial charge in [0.2, 0.25) is 0 Å². The van der Waals surface area contributed by atoms with Crippen LogP contribution in [-0.2, 0) is 6.42 Å². The normalized spacial score (nSPS) is 12.1. The van der Waals surface area contributed by atoms with E-state index < -0.39 is 11.9 Å². The number of fused-ring (bicyclic) bond motifs is 1. The maximum Gasteiger partial charge on any atom is 0.170 e. The monoisotopic (exact) mass is 471 g/mol. The maximum absolute atomic E-state index is 15.8.